The predicted octanol–water partition coefficient (Wildman–Crippen LogP) is 3.08. The van der Waals surface area contributed by atoms with Gasteiger partial charge in [0.05, 0.1) is 11.7 Å². The molecule has 23 heavy (non-hydrogen) atoms. The van der Waals surface area contributed by atoms with Crippen molar-refractivity contribution in [1.29, 1.82) is 0 Å². The van der Waals surface area contributed by atoms with Crippen molar-refractivity contribution in [2.24, 2.45) is 0 Å². The molecule has 0 saturated carbocycles. The Bertz CT molecular complexity index is 538. The van der Waals surface area contributed by atoms with Crippen LogP contribution in [0.1, 0.15) is 55.5 Å². The average Bonchev–Trinajstić information content (AvgIpc) is 2.92. The van der Waals surface area contributed by atoms with E-state index in [1.54, 1.807) is 12.1 Å². The van der Waals surface area contributed by atoms with Crippen molar-refractivity contribution in [2.45, 2.75) is 58.2 Å². The molecule has 1 aromatic carbocycles. The first-order valence-electron chi connectivity index (χ1n) is 8.21. The first-order valence-corrected chi connectivity index (χ1v) is 8.21. The Morgan fingerprint density at radius 3 is 2.61 bits per heavy atom. The summed E-state index contributed by atoms with van der Waals surface area (Å²) in [6.45, 7) is 5.46. The van der Waals surface area contributed by atoms with Crippen LogP contribution < -0.4 is 0 Å². The van der Waals surface area contributed by atoms with Crippen molar-refractivity contribution in [3.63, 3.8) is 0 Å². The third kappa shape index (κ3) is 5.36. The van der Waals surface area contributed by atoms with E-state index >= 15 is 0 Å². The second-order valence-corrected chi connectivity index (χ2v) is 6.35. The van der Waals surface area contributed by atoms with Crippen molar-refractivity contribution in [1.82, 2.24) is 4.90 Å². The van der Waals surface area contributed by atoms with E-state index in [9.17, 15) is 9.59 Å². The number of rotatable bonds is 7. The molecular weight excluding hydrogens is 294 g/mol. The van der Waals surface area contributed by atoms with Gasteiger partial charge in [-0.25, -0.2) is 4.79 Å². The zero-order valence-corrected chi connectivity index (χ0v) is 13.8. The Kier molecular flexibility index (Phi) is 6.16. The Morgan fingerprint density at radius 2 is 2.00 bits per heavy atom. The number of esters is 1. The van der Waals surface area contributed by atoms with Crippen LogP contribution in [0.3, 0.4) is 0 Å². The standard InChI is InChI=1S/C18H25NO4/c1-13(2)23-18(22)15-7-5-14(6-8-15)12-19-11-3-4-16(19)9-10-17(20)21/h5-8,13,16H,3-4,9-12H2,1-2H3,(H,20,21). The van der Waals surface area contributed by atoms with Gasteiger partial charge in [0.25, 0.3) is 0 Å². The van der Waals surface area contributed by atoms with Crippen molar-refractivity contribution in [2.75, 3.05) is 6.54 Å². The monoisotopic (exact) mass is 319 g/mol. The summed E-state index contributed by atoms with van der Waals surface area (Å²) in [5, 5.41) is 8.83. The molecule has 1 aromatic rings. The second kappa shape index (κ2) is 8.11. The van der Waals surface area contributed by atoms with Crippen LogP contribution in [0.5, 0.6) is 0 Å². The van der Waals surface area contributed by atoms with E-state index in [-0.39, 0.29) is 18.5 Å². The highest BCUT2D eigenvalue weighted by Gasteiger charge is 2.24. The van der Waals surface area contributed by atoms with Crippen molar-refractivity contribution in [3.8, 4) is 0 Å². The number of hydrogen-bond acceptors (Lipinski definition) is 4. The number of aliphatic carboxylic acids is 1. The van der Waals surface area contributed by atoms with Gasteiger partial charge in [0.1, 0.15) is 0 Å². The Labute approximate surface area is 137 Å². The first kappa shape index (κ1) is 17.5. The lowest BCUT2D eigenvalue weighted by molar-refractivity contribution is -0.137. The summed E-state index contributed by atoms with van der Waals surface area (Å²) < 4.78 is 5.18. The summed E-state index contributed by atoms with van der Waals surface area (Å²) in [6.07, 6.45) is 2.98. The third-order valence-electron chi connectivity index (χ3n) is 4.11. The van der Waals surface area contributed by atoms with Gasteiger partial charge >= 0.3 is 11.9 Å². The highest BCUT2D eigenvalue weighted by Crippen LogP contribution is 2.23. The SMILES string of the molecule is CC(C)OC(=O)c1ccc(CN2CCCC2CCC(=O)O)cc1. The highest BCUT2D eigenvalue weighted by atomic mass is 16.5. The molecular formula is C18H25NO4. The molecule has 0 spiro atoms. The molecule has 0 aromatic heterocycles. The molecule has 1 atom stereocenters. The average molecular weight is 319 g/mol. The van der Waals surface area contributed by atoms with Crippen LogP contribution in [0.25, 0.3) is 0 Å². The number of nitrogens with zero attached hydrogens (tertiary/aromatic N) is 1. The molecule has 1 saturated heterocycles. The number of carbonyl (C=O) groups is 2. The third-order valence-corrected chi connectivity index (χ3v) is 4.11. The van der Waals surface area contributed by atoms with E-state index in [0.29, 0.717) is 18.0 Å². The van der Waals surface area contributed by atoms with Gasteiger partial charge in [0.15, 0.2) is 0 Å². The van der Waals surface area contributed by atoms with Gasteiger partial charge in [-0.15, -0.1) is 0 Å². The normalized spacial score (nSPS) is 18.3. The predicted molar refractivity (Wildman–Crippen MR) is 87.3 cm³/mol. The van der Waals surface area contributed by atoms with E-state index < -0.39 is 5.97 Å². The second-order valence-electron chi connectivity index (χ2n) is 6.35. The summed E-state index contributed by atoms with van der Waals surface area (Å²) in [4.78, 5) is 24.9. The van der Waals surface area contributed by atoms with Gasteiger partial charge in [-0.3, -0.25) is 9.69 Å². The molecule has 0 aliphatic carbocycles. The van der Waals surface area contributed by atoms with Gasteiger partial charge in [0, 0.05) is 19.0 Å². The summed E-state index contributed by atoms with van der Waals surface area (Å²) in [6, 6.07) is 7.83. The number of benzene rings is 1. The minimum Gasteiger partial charge on any atom is -0.481 e. The maximum absolute atomic E-state index is 11.8. The minimum atomic E-state index is -0.732. The Hall–Kier alpha value is -1.88. The van der Waals surface area contributed by atoms with Crippen LogP contribution in [-0.4, -0.2) is 40.6 Å². The van der Waals surface area contributed by atoms with Crippen LogP contribution in [0.15, 0.2) is 24.3 Å². The maximum atomic E-state index is 11.8. The lowest BCUT2D eigenvalue weighted by atomic mass is 10.1. The molecule has 0 bridgehead atoms. The number of ether oxygens (including phenoxy) is 1. The van der Waals surface area contributed by atoms with Crippen LogP contribution in [0.2, 0.25) is 0 Å². The quantitative estimate of drug-likeness (QED) is 0.782. The Balaban J connectivity index is 1.92. The molecule has 1 aliphatic rings. The number of carboxylic acids is 1. The van der Waals surface area contributed by atoms with Gasteiger partial charge in [0.2, 0.25) is 0 Å². The minimum absolute atomic E-state index is 0.123. The molecule has 1 heterocycles. The zero-order valence-electron chi connectivity index (χ0n) is 13.8. The molecule has 5 heteroatoms. The molecule has 0 amide bonds. The molecule has 1 fully saturated rings. The molecule has 1 aliphatic heterocycles. The zero-order chi connectivity index (χ0) is 16.8. The molecule has 1 N–H and O–H groups in total. The number of carboxylic acid groups (broad SMARTS) is 1. The first-order chi connectivity index (χ1) is 11.0. The maximum Gasteiger partial charge on any atom is 0.338 e. The van der Waals surface area contributed by atoms with Gasteiger partial charge < -0.3 is 9.84 Å². The van der Waals surface area contributed by atoms with Crippen molar-refractivity contribution in [3.05, 3.63) is 35.4 Å². The smallest absolute Gasteiger partial charge is 0.338 e. The lowest BCUT2D eigenvalue weighted by Gasteiger charge is -2.24. The van der Waals surface area contributed by atoms with Gasteiger partial charge in [-0.1, -0.05) is 12.1 Å². The Morgan fingerprint density at radius 1 is 1.30 bits per heavy atom. The highest BCUT2D eigenvalue weighted by molar-refractivity contribution is 5.89. The van der Waals surface area contributed by atoms with Crippen molar-refractivity contribution >= 4 is 11.9 Å². The topological polar surface area (TPSA) is 66.8 Å². The van der Waals surface area contributed by atoms with Crippen LogP contribution in [0, 0.1) is 0 Å². The number of hydrogen-bond donors (Lipinski definition) is 1. The largest absolute Gasteiger partial charge is 0.481 e. The van der Waals surface area contributed by atoms with Crippen LogP contribution in [-0.2, 0) is 16.1 Å². The van der Waals surface area contributed by atoms with Crippen LogP contribution in [0.4, 0.5) is 0 Å². The lowest BCUT2D eigenvalue weighted by Crippen LogP contribution is -2.29. The summed E-state index contributed by atoms with van der Waals surface area (Å²) in [7, 11) is 0. The van der Waals surface area contributed by atoms with E-state index in [0.717, 1.165) is 31.5 Å². The molecule has 5 nitrogen and oxygen atoms in total. The van der Waals surface area contributed by atoms with Gasteiger partial charge in [-0.05, 0) is 57.4 Å². The number of likely N-dealkylation sites (tertiary alicyclic amines) is 1. The molecule has 2 rings (SSSR count). The van der Waals surface area contributed by atoms with E-state index in [4.69, 9.17) is 9.84 Å². The fourth-order valence-electron chi connectivity index (χ4n) is 2.98. The molecule has 0 radical (unpaired) electrons. The fraction of sp³-hybridized carbons (Fsp3) is 0.556. The summed E-state index contributed by atoms with van der Waals surface area (Å²) >= 11 is 0. The van der Waals surface area contributed by atoms with E-state index in [1.807, 2.05) is 26.0 Å². The molecule has 126 valence electrons. The van der Waals surface area contributed by atoms with Crippen molar-refractivity contribution < 1.29 is 19.4 Å². The summed E-state index contributed by atoms with van der Waals surface area (Å²) in [5.74, 6) is -1.03. The summed E-state index contributed by atoms with van der Waals surface area (Å²) in [5.41, 5.74) is 1.69. The fourth-order valence-corrected chi connectivity index (χ4v) is 2.98. The van der Waals surface area contributed by atoms with Crippen LogP contribution >= 0.6 is 0 Å². The molecule has 1 unspecified atom stereocenters. The van der Waals surface area contributed by atoms with E-state index in [2.05, 4.69) is 4.90 Å². The van der Waals surface area contributed by atoms with Gasteiger partial charge in [-0.2, -0.15) is 0 Å². The number of carbonyl (C=O) groups excluding carboxylic acids is 1. The van der Waals surface area contributed by atoms with E-state index in [1.165, 1.54) is 0 Å².